The van der Waals surface area contributed by atoms with Crippen LogP contribution in [-0.2, 0) is 6.42 Å². The third kappa shape index (κ3) is 2.12. The first-order valence-electron chi connectivity index (χ1n) is 5.34. The van der Waals surface area contributed by atoms with Crippen LogP contribution in [0.5, 0.6) is 5.88 Å². The molecule has 15 heavy (non-hydrogen) atoms. The highest BCUT2D eigenvalue weighted by molar-refractivity contribution is 5.18. The van der Waals surface area contributed by atoms with Gasteiger partial charge in [-0.2, -0.15) is 0 Å². The number of ether oxygens (including phenoxy) is 1. The highest BCUT2D eigenvalue weighted by Crippen LogP contribution is 2.51. The summed E-state index contributed by atoms with van der Waals surface area (Å²) in [6, 6.07) is 5.77. The molecule has 0 aromatic carbocycles. The first-order valence-corrected chi connectivity index (χ1v) is 5.34. The van der Waals surface area contributed by atoms with Gasteiger partial charge in [0.25, 0.3) is 0 Å². The van der Waals surface area contributed by atoms with Crippen LogP contribution >= 0.6 is 0 Å². The van der Waals surface area contributed by atoms with Crippen molar-refractivity contribution >= 4 is 0 Å². The van der Waals surface area contributed by atoms with Crippen LogP contribution < -0.4 is 4.74 Å². The van der Waals surface area contributed by atoms with Crippen molar-refractivity contribution in [1.29, 1.82) is 0 Å². The van der Waals surface area contributed by atoms with Crippen molar-refractivity contribution in [2.75, 3.05) is 7.11 Å². The van der Waals surface area contributed by atoms with Crippen LogP contribution in [0.15, 0.2) is 18.2 Å². The second kappa shape index (κ2) is 3.81. The SMILES string of the molecule is COc1cccc(CC2(C(C)O)CC2)n1. The molecular weight excluding hydrogens is 190 g/mol. The van der Waals surface area contributed by atoms with E-state index in [1.165, 1.54) is 0 Å². The van der Waals surface area contributed by atoms with Gasteiger partial charge in [0.2, 0.25) is 5.88 Å². The van der Waals surface area contributed by atoms with Crippen LogP contribution in [0.25, 0.3) is 0 Å². The fourth-order valence-electron chi connectivity index (χ4n) is 1.93. The lowest BCUT2D eigenvalue weighted by Crippen LogP contribution is -2.21. The number of nitrogens with zero attached hydrogens (tertiary/aromatic N) is 1. The number of hydrogen-bond acceptors (Lipinski definition) is 3. The molecule has 2 rings (SSSR count). The van der Waals surface area contributed by atoms with Gasteiger partial charge in [-0.05, 0) is 32.3 Å². The van der Waals surface area contributed by atoms with E-state index in [0.29, 0.717) is 5.88 Å². The Balaban J connectivity index is 2.11. The Hall–Kier alpha value is -1.09. The van der Waals surface area contributed by atoms with E-state index in [2.05, 4.69) is 4.98 Å². The van der Waals surface area contributed by atoms with Gasteiger partial charge in [0.1, 0.15) is 0 Å². The maximum absolute atomic E-state index is 9.67. The van der Waals surface area contributed by atoms with Gasteiger partial charge in [-0.25, -0.2) is 4.98 Å². The highest BCUT2D eigenvalue weighted by atomic mass is 16.5. The van der Waals surface area contributed by atoms with Crippen LogP contribution in [0.1, 0.15) is 25.5 Å². The van der Waals surface area contributed by atoms with Crippen molar-refractivity contribution in [3.05, 3.63) is 23.9 Å². The second-order valence-electron chi connectivity index (χ2n) is 4.39. The van der Waals surface area contributed by atoms with Crippen LogP contribution in [0.4, 0.5) is 0 Å². The van der Waals surface area contributed by atoms with E-state index < -0.39 is 0 Å². The summed E-state index contributed by atoms with van der Waals surface area (Å²) in [4.78, 5) is 4.37. The Kier molecular flexibility index (Phi) is 2.65. The zero-order valence-corrected chi connectivity index (χ0v) is 9.23. The first kappa shape index (κ1) is 10.4. The Morgan fingerprint density at radius 1 is 1.53 bits per heavy atom. The third-order valence-electron chi connectivity index (χ3n) is 3.30. The summed E-state index contributed by atoms with van der Waals surface area (Å²) in [5.41, 5.74) is 1.09. The fourth-order valence-corrected chi connectivity index (χ4v) is 1.93. The predicted molar refractivity (Wildman–Crippen MR) is 57.8 cm³/mol. The summed E-state index contributed by atoms with van der Waals surface area (Å²) in [6.07, 6.45) is 2.81. The maximum atomic E-state index is 9.67. The molecule has 1 aliphatic rings. The van der Waals surface area contributed by atoms with Gasteiger partial charge in [0.05, 0.1) is 13.2 Å². The molecular formula is C12H17NO2. The summed E-state index contributed by atoms with van der Waals surface area (Å²) in [7, 11) is 1.62. The Morgan fingerprint density at radius 2 is 2.27 bits per heavy atom. The van der Waals surface area contributed by atoms with Crippen molar-refractivity contribution in [2.45, 2.75) is 32.3 Å². The molecule has 0 bridgehead atoms. The van der Waals surface area contributed by atoms with Gasteiger partial charge in [0.15, 0.2) is 0 Å². The van der Waals surface area contributed by atoms with E-state index in [4.69, 9.17) is 4.74 Å². The lowest BCUT2D eigenvalue weighted by Gasteiger charge is -2.17. The largest absolute Gasteiger partial charge is 0.481 e. The van der Waals surface area contributed by atoms with Crippen LogP contribution in [0.3, 0.4) is 0 Å². The topological polar surface area (TPSA) is 42.4 Å². The molecule has 1 aliphatic carbocycles. The molecule has 1 N–H and O–H groups in total. The van der Waals surface area contributed by atoms with E-state index in [9.17, 15) is 5.11 Å². The van der Waals surface area contributed by atoms with E-state index in [0.717, 1.165) is 25.0 Å². The molecule has 1 heterocycles. The number of aliphatic hydroxyl groups is 1. The molecule has 1 fully saturated rings. The predicted octanol–water partition coefficient (Wildman–Crippen LogP) is 1.79. The molecule has 3 heteroatoms. The molecule has 0 saturated heterocycles. The van der Waals surface area contributed by atoms with E-state index >= 15 is 0 Å². The number of aliphatic hydroxyl groups excluding tert-OH is 1. The maximum Gasteiger partial charge on any atom is 0.213 e. The van der Waals surface area contributed by atoms with E-state index in [1.807, 2.05) is 25.1 Å². The van der Waals surface area contributed by atoms with Crippen LogP contribution in [-0.4, -0.2) is 23.3 Å². The van der Waals surface area contributed by atoms with Gasteiger partial charge >= 0.3 is 0 Å². The van der Waals surface area contributed by atoms with Crippen molar-refractivity contribution in [3.8, 4) is 5.88 Å². The van der Waals surface area contributed by atoms with Gasteiger partial charge in [-0.15, -0.1) is 0 Å². The van der Waals surface area contributed by atoms with Crippen LogP contribution in [0, 0.1) is 5.41 Å². The zero-order chi connectivity index (χ0) is 10.9. The lowest BCUT2D eigenvalue weighted by molar-refractivity contribution is 0.110. The molecule has 1 aromatic heterocycles. The monoisotopic (exact) mass is 207 g/mol. The van der Waals surface area contributed by atoms with Gasteiger partial charge < -0.3 is 9.84 Å². The zero-order valence-electron chi connectivity index (χ0n) is 9.23. The van der Waals surface area contributed by atoms with E-state index in [1.54, 1.807) is 7.11 Å². The van der Waals surface area contributed by atoms with Crippen molar-refractivity contribution in [3.63, 3.8) is 0 Å². The standard InChI is InChI=1S/C12H17NO2/c1-9(14)12(6-7-12)8-10-4-3-5-11(13-10)15-2/h3-5,9,14H,6-8H2,1-2H3. The molecule has 0 radical (unpaired) electrons. The average molecular weight is 207 g/mol. The third-order valence-corrected chi connectivity index (χ3v) is 3.30. The van der Waals surface area contributed by atoms with E-state index in [-0.39, 0.29) is 11.5 Å². The summed E-state index contributed by atoms with van der Waals surface area (Å²) in [5.74, 6) is 0.647. The minimum Gasteiger partial charge on any atom is -0.481 e. The Bertz CT molecular complexity index is 345. The lowest BCUT2D eigenvalue weighted by atomic mass is 9.94. The average Bonchev–Trinajstić information content (AvgIpc) is 2.99. The minimum absolute atomic E-state index is 0.0827. The Morgan fingerprint density at radius 3 is 2.80 bits per heavy atom. The fraction of sp³-hybridized carbons (Fsp3) is 0.583. The number of aromatic nitrogens is 1. The number of rotatable bonds is 4. The van der Waals surface area contributed by atoms with Gasteiger partial charge in [-0.1, -0.05) is 6.07 Å². The second-order valence-corrected chi connectivity index (χ2v) is 4.39. The summed E-state index contributed by atoms with van der Waals surface area (Å²) in [5, 5.41) is 9.67. The van der Waals surface area contributed by atoms with Gasteiger partial charge in [-0.3, -0.25) is 0 Å². The molecule has 3 nitrogen and oxygen atoms in total. The summed E-state index contributed by atoms with van der Waals surface area (Å²) in [6.45, 7) is 1.87. The highest BCUT2D eigenvalue weighted by Gasteiger charge is 2.46. The summed E-state index contributed by atoms with van der Waals surface area (Å²) >= 11 is 0. The van der Waals surface area contributed by atoms with Crippen molar-refractivity contribution < 1.29 is 9.84 Å². The molecule has 0 aliphatic heterocycles. The Labute approximate surface area is 90.1 Å². The molecule has 82 valence electrons. The van der Waals surface area contributed by atoms with Crippen molar-refractivity contribution in [2.24, 2.45) is 5.41 Å². The number of methoxy groups -OCH3 is 1. The van der Waals surface area contributed by atoms with Crippen LogP contribution in [0.2, 0.25) is 0 Å². The number of pyridine rings is 1. The first-order chi connectivity index (χ1) is 7.16. The number of hydrogen-bond donors (Lipinski definition) is 1. The smallest absolute Gasteiger partial charge is 0.213 e. The quantitative estimate of drug-likeness (QED) is 0.818. The molecule has 0 amide bonds. The molecule has 1 unspecified atom stereocenters. The molecule has 0 spiro atoms. The molecule has 1 saturated carbocycles. The molecule has 1 aromatic rings. The minimum atomic E-state index is -0.245. The molecule has 1 atom stereocenters. The van der Waals surface area contributed by atoms with Crippen molar-refractivity contribution in [1.82, 2.24) is 4.98 Å². The summed E-state index contributed by atoms with van der Waals surface area (Å²) < 4.78 is 5.08. The van der Waals surface area contributed by atoms with Gasteiger partial charge in [0, 0.05) is 17.2 Å². The normalized spacial score (nSPS) is 19.7.